The molecule has 0 aliphatic heterocycles. The number of nitrogens with two attached hydrogens (primary N) is 1. The van der Waals surface area contributed by atoms with E-state index in [2.05, 4.69) is 11.5 Å². The minimum Gasteiger partial charge on any atom is -0.271 e. The molecule has 0 fully saturated rings. The second-order valence-electron chi connectivity index (χ2n) is 5.12. The molecule has 104 valence electrons. The predicted octanol–water partition coefficient (Wildman–Crippen LogP) is 3.23. The maximum Gasteiger partial charge on any atom is 0.126 e. The second-order valence-corrected chi connectivity index (χ2v) is 5.12. The Labute approximate surface area is 112 Å². The van der Waals surface area contributed by atoms with Gasteiger partial charge in [-0.2, -0.15) is 0 Å². The highest BCUT2D eigenvalue weighted by Gasteiger charge is 2.15. The Morgan fingerprint density at radius 2 is 2.05 bits per heavy atom. The van der Waals surface area contributed by atoms with E-state index in [9.17, 15) is 8.78 Å². The first kappa shape index (κ1) is 14.2. The normalized spacial score (nSPS) is 17.1. The third kappa shape index (κ3) is 4.11. The summed E-state index contributed by atoms with van der Waals surface area (Å²) in [4.78, 5) is 0. The number of hydrogen-bond acceptors (Lipinski definition) is 2. The van der Waals surface area contributed by atoms with Gasteiger partial charge in [0.05, 0.1) is 0 Å². The topological polar surface area (TPSA) is 38.0 Å². The number of hydrogen-bond donors (Lipinski definition) is 2. The van der Waals surface area contributed by atoms with E-state index in [4.69, 9.17) is 5.84 Å². The minimum absolute atomic E-state index is 0.0550. The maximum atomic E-state index is 13.6. The van der Waals surface area contributed by atoms with E-state index in [-0.39, 0.29) is 11.9 Å². The first-order valence-corrected chi connectivity index (χ1v) is 6.77. The molecule has 1 aliphatic rings. The lowest BCUT2D eigenvalue weighted by molar-refractivity contribution is 0.489. The van der Waals surface area contributed by atoms with Gasteiger partial charge in [-0.3, -0.25) is 11.3 Å². The molecule has 2 rings (SSSR count). The van der Waals surface area contributed by atoms with Crippen molar-refractivity contribution in [3.63, 3.8) is 0 Å². The van der Waals surface area contributed by atoms with Crippen LogP contribution in [0.15, 0.2) is 29.8 Å². The maximum absolute atomic E-state index is 13.6. The molecule has 0 heterocycles. The van der Waals surface area contributed by atoms with Gasteiger partial charge in [-0.15, -0.1) is 0 Å². The van der Waals surface area contributed by atoms with Crippen molar-refractivity contribution < 1.29 is 8.78 Å². The molecule has 19 heavy (non-hydrogen) atoms. The van der Waals surface area contributed by atoms with Crippen LogP contribution < -0.4 is 11.3 Å². The summed E-state index contributed by atoms with van der Waals surface area (Å²) >= 11 is 0. The molecule has 0 radical (unpaired) electrons. The molecule has 1 aliphatic carbocycles. The molecule has 1 aromatic carbocycles. The summed E-state index contributed by atoms with van der Waals surface area (Å²) < 4.78 is 26.7. The third-order valence-electron chi connectivity index (χ3n) is 3.60. The summed E-state index contributed by atoms with van der Waals surface area (Å²) in [5, 5.41) is 0. The van der Waals surface area contributed by atoms with Crippen molar-refractivity contribution >= 4 is 0 Å². The molecule has 0 spiro atoms. The van der Waals surface area contributed by atoms with Gasteiger partial charge in [-0.1, -0.05) is 11.6 Å². The molecule has 3 N–H and O–H groups in total. The molecule has 1 aromatic rings. The minimum atomic E-state index is -0.413. The van der Waals surface area contributed by atoms with Crippen molar-refractivity contribution in [2.75, 3.05) is 0 Å². The molecule has 0 bridgehead atoms. The highest BCUT2D eigenvalue weighted by Crippen LogP contribution is 2.23. The van der Waals surface area contributed by atoms with Gasteiger partial charge in [0.2, 0.25) is 0 Å². The van der Waals surface area contributed by atoms with Gasteiger partial charge in [0.25, 0.3) is 0 Å². The Bertz CT molecular complexity index is 457. The number of halogens is 2. The van der Waals surface area contributed by atoms with E-state index >= 15 is 0 Å². The largest absolute Gasteiger partial charge is 0.271 e. The van der Waals surface area contributed by atoms with E-state index in [1.165, 1.54) is 24.5 Å². The highest BCUT2D eigenvalue weighted by atomic mass is 19.1. The van der Waals surface area contributed by atoms with Crippen LogP contribution in [0.1, 0.15) is 37.7 Å². The van der Waals surface area contributed by atoms with Crippen molar-refractivity contribution in [1.82, 2.24) is 5.43 Å². The van der Waals surface area contributed by atoms with Crippen LogP contribution in [-0.4, -0.2) is 6.04 Å². The molecule has 4 heteroatoms. The first-order chi connectivity index (χ1) is 9.19. The van der Waals surface area contributed by atoms with Crippen LogP contribution in [0, 0.1) is 11.6 Å². The van der Waals surface area contributed by atoms with Gasteiger partial charge < -0.3 is 0 Å². The van der Waals surface area contributed by atoms with E-state index in [0.717, 1.165) is 31.4 Å². The van der Waals surface area contributed by atoms with Gasteiger partial charge in [-0.25, -0.2) is 8.78 Å². The first-order valence-electron chi connectivity index (χ1n) is 6.77. The number of nitrogens with one attached hydrogen (secondary N) is 1. The number of rotatable bonds is 5. The summed E-state index contributed by atoms with van der Waals surface area (Å²) in [6.45, 7) is 0. The summed E-state index contributed by atoms with van der Waals surface area (Å²) in [7, 11) is 0. The fraction of sp³-hybridized carbons (Fsp3) is 0.467. The summed E-state index contributed by atoms with van der Waals surface area (Å²) in [5.74, 6) is 4.74. The molecular weight excluding hydrogens is 246 g/mol. The Hall–Kier alpha value is -1.26. The van der Waals surface area contributed by atoms with E-state index in [0.29, 0.717) is 12.0 Å². The molecular formula is C15H20F2N2. The standard InChI is InChI=1S/C15H20F2N2/c16-13-6-7-15(17)12(9-13)10-14(19-18)8-11-4-2-1-3-5-11/h4,6-7,9,14,19H,1-3,5,8,10,18H2. The lowest BCUT2D eigenvalue weighted by atomic mass is 9.92. The molecule has 0 saturated heterocycles. The molecule has 2 nitrogen and oxygen atoms in total. The number of hydrazine groups is 1. The molecule has 1 atom stereocenters. The van der Waals surface area contributed by atoms with Gasteiger partial charge >= 0.3 is 0 Å². The fourth-order valence-corrected chi connectivity index (χ4v) is 2.56. The zero-order valence-electron chi connectivity index (χ0n) is 11.0. The van der Waals surface area contributed by atoms with Crippen LogP contribution in [0.3, 0.4) is 0 Å². The van der Waals surface area contributed by atoms with Crippen LogP contribution in [-0.2, 0) is 6.42 Å². The van der Waals surface area contributed by atoms with Crippen molar-refractivity contribution in [1.29, 1.82) is 0 Å². The summed E-state index contributed by atoms with van der Waals surface area (Å²) in [6, 6.07) is 3.49. The zero-order chi connectivity index (χ0) is 13.7. The lowest BCUT2D eigenvalue weighted by Gasteiger charge is -2.20. The average molecular weight is 266 g/mol. The smallest absolute Gasteiger partial charge is 0.126 e. The van der Waals surface area contributed by atoms with Gasteiger partial charge in [0.15, 0.2) is 0 Å². The Morgan fingerprint density at radius 3 is 2.74 bits per heavy atom. The average Bonchev–Trinajstić information content (AvgIpc) is 2.43. The fourth-order valence-electron chi connectivity index (χ4n) is 2.56. The van der Waals surface area contributed by atoms with Crippen LogP contribution in [0.25, 0.3) is 0 Å². The molecule has 0 amide bonds. The van der Waals surface area contributed by atoms with Crippen LogP contribution in [0.4, 0.5) is 8.78 Å². The SMILES string of the molecule is NNC(CC1=CCCCC1)Cc1cc(F)ccc1F. The third-order valence-corrected chi connectivity index (χ3v) is 3.60. The number of benzene rings is 1. The summed E-state index contributed by atoms with van der Waals surface area (Å²) in [5.41, 5.74) is 4.46. The van der Waals surface area contributed by atoms with E-state index in [1.807, 2.05) is 0 Å². The van der Waals surface area contributed by atoms with Crippen molar-refractivity contribution in [2.45, 2.75) is 44.6 Å². The highest BCUT2D eigenvalue weighted by molar-refractivity contribution is 5.20. The Morgan fingerprint density at radius 1 is 1.21 bits per heavy atom. The quantitative estimate of drug-likeness (QED) is 0.488. The van der Waals surface area contributed by atoms with E-state index in [1.54, 1.807) is 0 Å². The van der Waals surface area contributed by atoms with Crippen LogP contribution >= 0.6 is 0 Å². The molecule has 0 saturated carbocycles. The van der Waals surface area contributed by atoms with Crippen molar-refractivity contribution in [3.8, 4) is 0 Å². The Kier molecular flexibility index (Phi) is 5.05. The monoisotopic (exact) mass is 266 g/mol. The van der Waals surface area contributed by atoms with Crippen molar-refractivity contribution in [2.24, 2.45) is 5.84 Å². The van der Waals surface area contributed by atoms with Crippen molar-refractivity contribution in [3.05, 3.63) is 47.0 Å². The van der Waals surface area contributed by atoms with Gasteiger partial charge in [-0.05, 0) is 62.3 Å². The summed E-state index contributed by atoms with van der Waals surface area (Å²) in [6.07, 6.45) is 8.09. The van der Waals surface area contributed by atoms with Crippen LogP contribution in [0.2, 0.25) is 0 Å². The predicted molar refractivity (Wildman–Crippen MR) is 72.3 cm³/mol. The molecule has 0 aromatic heterocycles. The van der Waals surface area contributed by atoms with Crippen LogP contribution in [0.5, 0.6) is 0 Å². The van der Waals surface area contributed by atoms with E-state index < -0.39 is 5.82 Å². The van der Waals surface area contributed by atoms with Gasteiger partial charge in [0, 0.05) is 6.04 Å². The Balaban J connectivity index is 2.02. The molecule has 1 unspecified atom stereocenters. The zero-order valence-corrected chi connectivity index (χ0v) is 11.0. The second kappa shape index (κ2) is 6.78. The van der Waals surface area contributed by atoms with Gasteiger partial charge in [0.1, 0.15) is 11.6 Å². The number of allylic oxidation sites excluding steroid dienone is 1. The lowest BCUT2D eigenvalue weighted by Crippen LogP contribution is -2.37.